The Balaban J connectivity index is 1.24. The zero-order chi connectivity index (χ0) is 35.3. The molecule has 246 valence electrons. The summed E-state index contributed by atoms with van der Waals surface area (Å²) in [5.41, 5.74) is 15.9. The lowest BCUT2D eigenvalue weighted by molar-refractivity contribution is 1.27. The minimum absolute atomic E-state index is 0.626. The Morgan fingerprint density at radius 2 is 0.849 bits per heavy atom. The van der Waals surface area contributed by atoms with Crippen molar-refractivity contribution in [2.45, 2.75) is 0 Å². The van der Waals surface area contributed by atoms with Crippen LogP contribution in [0.4, 0.5) is 17.1 Å². The average Bonchev–Trinajstić information content (AvgIpc) is 3.56. The predicted octanol–water partition coefficient (Wildman–Crippen LogP) is 14.0. The summed E-state index contributed by atoms with van der Waals surface area (Å²) in [4.78, 5) is 2.18. The number of fused-ring (bicyclic) bond motifs is 4. The molecule has 1 aliphatic carbocycles. The highest BCUT2D eigenvalue weighted by Crippen LogP contribution is 2.58. The van der Waals surface area contributed by atoms with Crippen molar-refractivity contribution < 1.29 is 0 Å². The predicted molar refractivity (Wildman–Crippen MR) is 222 cm³/mol. The van der Waals surface area contributed by atoms with Gasteiger partial charge in [0.05, 0.1) is 11.3 Å². The van der Waals surface area contributed by atoms with Gasteiger partial charge in [0.15, 0.2) is 0 Å². The van der Waals surface area contributed by atoms with Crippen molar-refractivity contribution in [1.29, 1.82) is 5.26 Å². The summed E-state index contributed by atoms with van der Waals surface area (Å²) in [6.07, 6.45) is 0. The molecule has 0 bridgehead atoms. The van der Waals surface area contributed by atoms with E-state index in [1.165, 1.54) is 71.6 Å². The van der Waals surface area contributed by atoms with Crippen LogP contribution in [0.3, 0.4) is 0 Å². The van der Waals surface area contributed by atoms with E-state index < -0.39 is 0 Å². The molecule has 0 fully saturated rings. The SMILES string of the molecule is N#Cc1ccccc1N(c1ccccc1)c1cccc(-c2ccc3c4c(cccc24)-c2c-3c(-c3ccccc3)c3ccccc3c2-c2ccccc2)c1. The van der Waals surface area contributed by atoms with Crippen LogP contribution in [-0.2, 0) is 0 Å². The standard InChI is InChI=1S/C51H32N2/c52-33-37-20-10-13-29-46(37)53(38-22-8-3-9-23-38)39-24-14-21-36(32-39)40-30-31-45-49-41(40)27-15-28-44(49)50-47(34-16-4-1-5-17-34)42-25-11-12-26-43(42)48(51(45)50)35-18-6-2-7-19-35/h1-32H. The fraction of sp³-hybridized carbons (Fsp3) is 0. The first-order valence-electron chi connectivity index (χ1n) is 18.0. The molecule has 53 heavy (non-hydrogen) atoms. The molecule has 9 aromatic rings. The summed E-state index contributed by atoms with van der Waals surface area (Å²) < 4.78 is 0. The van der Waals surface area contributed by atoms with Gasteiger partial charge < -0.3 is 4.90 Å². The van der Waals surface area contributed by atoms with Crippen LogP contribution < -0.4 is 4.90 Å². The quantitative estimate of drug-likeness (QED) is 0.176. The van der Waals surface area contributed by atoms with Crippen LogP contribution in [-0.4, -0.2) is 0 Å². The van der Waals surface area contributed by atoms with E-state index in [1.54, 1.807) is 0 Å². The second kappa shape index (κ2) is 12.5. The monoisotopic (exact) mass is 672 g/mol. The van der Waals surface area contributed by atoms with Crippen LogP contribution in [0.5, 0.6) is 0 Å². The Kier molecular flexibility index (Phi) is 7.23. The number of hydrogen-bond donors (Lipinski definition) is 0. The molecule has 0 N–H and O–H groups in total. The van der Waals surface area contributed by atoms with Crippen LogP contribution in [0.25, 0.3) is 77.2 Å². The first-order valence-corrected chi connectivity index (χ1v) is 18.0. The Bertz CT molecular complexity index is 2790. The van der Waals surface area contributed by atoms with E-state index in [2.05, 4.69) is 163 Å². The topological polar surface area (TPSA) is 27.0 Å². The average molecular weight is 673 g/mol. The number of para-hydroxylation sites is 2. The number of rotatable bonds is 6. The lowest BCUT2D eigenvalue weighted by Gasteiger charge is -2.26. The second-order valence-corrected chi connectivity index (χ2v) is 13.5. The molecule has 0 saturated heterocycles. The van der Waals surface area contributed by atoms with Crippen molar-refractivity contribution >= 4 is 38.6 Å². The van der Waals surface area contributed by atoms with Gasteiger partial charge in [-0.1, -0.05) is 158 Å². The highest BCUT2D eigenvalue weighted by Gasteiger charge is 2.31. The molecule has 0 aromatic heterocycles. The second-order valence-electron chi connectivity index (χ2n) is 13.5. The van der Waals surface area contributed by atoms with Gasteiger partial charge in [0.2, 0.25) is 0 Å². The third kappa shape index (κ3) is 4.87. The van der Waals surface area contributed by atoms with E-state index in [-0.39, 0.29) is 0 Å². The highest BCUT2D eigenvalue weighted by molar-refractivity contribution is 6.28. The summed E-state index contributed by atoms with van der Waals surface area (Å²) >= 11 is 0. The fourth-order valence-electron chi connectivity index (χ4n) is 8.44. The van der Waals surface area contributed by atoms with Crippen LogP contribution in [0.1, 0.15) is 5.56 Å². The third-order valence-electron chi connectivity index (χ3n) is 10.6. The molecule has 0 amide bonds. The van der Waals surface area contributed by atoms with Gasteiger partial charge in [-0.3, -0.25) is 0 Å². The van der Waals surface area contributed by atoms with Gasteiger partial charge in [-0.05, 0) is 114 Å². The first-order chi connectivity index (χ1) is 26.3. The Morgan fingerprint density at radius 3 is 1.51 bits per heavy atom. The first kappa shape index (κ1) is 30.6. The third-order valence-corrected chi connectivity index (χ3v) is 10.6. The zero-order valence-electron chi connectivity index (χ0n) is 28.9. The van der Waals surface area contributed by atoms with Crippen molar-refractivity contribution in [3.8, 4) is 61.7 Å². The molecule has 2 heteroatoms. The van der Waals surface area contributed by atoms with E-state index in [9.17, 15) is 5.26 Å². The molecule has 2 nitrogen and oxygen atoms in total. The molecule has 0 aliphatic heterocycles. The van der Waals surface area contributed by atoms with Gasteiger partial charge >= 0.3 is 0 Å². The molecule has 0 unspecified atom stereocenters. The Labute approximate surface area is 309 Å². The molecule has 0 radical (unpaired) electrons. The molecule has 10 rings (SSSR count). The van der Waals surface area contributed by atoms with E-state index in [4.69, 9.17) is 0 Å². The summed E-state index contributed by atoms with van der Waals surface area (Å²) in [6.45, 7) is 0. The molecular formula is C51H32N2. The summed E-state index contributed by atoms with van der Waals surface area (Å²) in [6, 6.07) is 71.3. The number of benzene rings is 9. The summed E-state index contributed by atoms with van der Waals surface area (Å²) in [5, 5.41) is 15.1. The maximum atomic E-state index is 10.1. The van der Waals surface area contributed by atoms with Crippen molar-refractivity contribution in [2.24, 2.45) is 0 Å². The number of nitrogens with zero attached hydrogens (tertiary/aromatic N) is 2. The van der Waals surface area contributed by atoms with Crippen LogP contribution in [0.2, 0.25) is 0 Å². The van der Waals surface area contributed by atoms with Crippen molar-refractivity contribution in [2.75, 3.05) is 4.90 Å². The smallest absolute Gasteiger partial charge is 0.101 e. The molecule has 9 aromatic carbocycles. The number of nitriles is 1. The van der Waals surface area contributed by atoms with E-state index in [1.807, 2.05) is 42.5 Å². The minimum Gasteiger partial charge on any atom is -0.309 e. The van der Waals surface area contributed by atoms with Gasteiger partial charge in [-0.25, -0.2) is 0 Å². The number of hydrogen-bond acceptors (Lipinski definition) is 2. The molecular weight excluding hydrogens is 641 g/mol. The Morgan fingerprint density at radius 1 is 0.358 bits per heavy atom. The summed E-state index contributed by atoms with van der Waals surface area (Å²) in [7, 11) is 0. The molecule has 0 spiro atoms. The molecule has 0 heterocycles. The van der Waals surface area contributed by atoms with Gasteiger partial charge in [0.1, 0.15) is 6.07 Å². The van der Waals surface area contributed by atoms with Crippen LogP contribution in [0.15, 0.2) is 194 Å². The maximum absolute atomic E-state index is 10.1. The van der Waals surface area contributed by atoms with Gasteiger partial charge in [-0.15, -0.1) is 0 Å². The van der Waals surface area contributed by atoms with Crippen LogP contribution >= 0.6 is 0 Å². The largest absolute Gasteiger partial charge is 0.309 e. The molecule has 0 atom stereocenters. The maximum Gasteiger partial charge on any atom is 0.101 e. The van der Waals surface area contributed by atoms with E-state index in [0.29, 0.717) is 5.56 Å². The van der Waals surface area contributed by atoms with E-state index in [0.717, 1.165) is 22.6 Å². The molecule has 1 aliphatic rings. The lowest BCUT2D eigenvalue weighted by Crippen LogP contribution is -2.11. The van der Waals surface area contributed by atoms with Crippen LogP contribution in [0, 0.1) is 11.3 Å². The van der Waals surface area contributed by atoms with Crippen molar-refractivity contribution in [1.82, 2.24) is 0 Å². The Hall–Kier alpha value is -7.21. The van der Waals surface area contributed by atoms with Crippen molar-refractivity contribution in [3.63, 3.8) is 0 Å². The highest BCUT2D eigenvalue weighted by atomic mass is 15.1. The lowest BCUT2D eigenvalue weighted by atomic mass is 9.82. The van der Waals surface area contributed by atoms with Crippen molar-refractivity contribution in [3.05, 3.63) is 200 Å². The van der Waals surface area contributed by atoms with Gasteiger partial charge in [0, 0.05) is 11.4 Å². The van der Waals surface area contributed by atoms with E-state index >= 15 is 0 Å². The molecule has 0 saturated carbocycles. The minimum atomic E-state index is 0.626. The zero-order valence-corrected chi connectivity index (χ0v) is 28.9. The number of anilines is 3. The summed E-state index contributed by atoms with van der Waals surface area (Å²) in [5.74, 6) is 0. The van der Waals surface area contributed by atoms with Gasteiger partial charge in [-0.2, -0.15) is 5.26 Å². The van der Waals surface area contributed by atoms with Gasteiger partial charge in [0.25, 0.3) is 0 Å². The fourth-order valence-corrected chi connectivity index (χ4v) is 8.44. The normalized spacial score (nSPS) is 11.4.